The Morgan fingerprint density at radius 1 is 1.32 bits per heavy atom. The zero-order valence-corrected chi connectivity index (χ0v) is 14.9. The van der Waals surface area contributed by atoms with Crippen LogP contribution >= 0.6 is 0 Å². The molecule has 1 aromatic rings. The zero-order valence-electron chi connectivity index (χ0n) is 14.9. The van der Waals surface area contributed by atoms with Gasteiger partial charge < -0.3 is 14.6 Å². The van der Waals surface area contributed by atoms with E-state index in [-0.39, 0.29) is 24.3 Å². The average molecular weight is 349 g/mol. The van der Waals surface area contributed by atoms with Gasteiger partial charge >= 0.3 is 5.97 Å². The Morgan fingerprint density at radius 2 is 2.04 bits per heavy atom. The number of benzene rings is 1. The molecule has 1 heterocycles. The van der Waals surface area contributed by atoms with Gasteiger partial charge in [-0.1, -0.05) is 0 Å². The second-order valence-corrected chi connectivity index (χ2v) is 6.40. The summed E-state index contributed by atoms with van der Waals surface area (Å²) in [6.07, 6.45) is 1.11. The van der Waals surface area contributed by atoms with E-state index >= 15 is 0 Å². The molecule has 6 heteroatoms. The van der Waals surface area contributed by atoms with Crippen molar-refractivity contribution in [1.29, 1.82) is 0 Å². The fraction of sp³-hybridized carbons (Fsp3) is 0.579. The van der Waals surface area contributed by atoms with Gasteiger partial charge in [0, 0.05) is 18.7 Å². The molecule has 0 bridgehead atoms. The Morgan fingerprint density at radius 3 is 2.68 bits per heavy atom. The molecule has 6 nitrogen and oxygen atoms in total. The number of carbonyl (C=O) groups excluding carboxylic acids is 2. The van der Waals surface area contributed by atoms with Crippen LogP contribution < -0.4 is 4.74 Å². The number of nitrogens with zero attached hydrogens (tertiary/aromatic N) is 1. The summed E-state index contributed by atoms with van der Waals surface area (Å²) in [5.41, 5.74) is 0.631. The number of carbonyl (C=O) groups is 2. The predicted octanol–water partition coefficient (Wildman–Crippen LogP) is 1.90. The number of rotatable bonds is 8. The molecule has 1 aliphatic heterocycles. The highest BCUT2D eigenvalue weighted by atomic mass is 16.5. The van der Waals surface area contributed by atoms with Gasteiger partial charge in [0.15, 0.2) is 5.78 Å². The molecule has 1 N–H and O–H groups in total. The van der Waals surface area contributed by atoms with E-state index in [4.69, 9.17) is 9.47 Å². The van der Waals surface area contributed by atoms with E-state index in [1.807, 2.05) is 6.92 Å². The lowest BCUT2D eigenvalue weighted by atomic mass is 9.98. The summed E-state index contributed by atoms with van der Waals surface area (Å²) in [6.45, 7) is 5.82. The van der Waals surface area contributed by atoms with Crippen LogP contribution in [0, 0.1) is 5.92 Å². The summed E-state index contributed by atoms with van der Waals surface area (Å²) in [5, 5.41) is 10.2. The minimum absolute atomic E-state index is 0.00726. The van der Waals surface area contributed by atoms with E-state index in [0.29, 0.717) is 31.0 Å². The summed E-state index contributed by atoms with van der Waals surface area (Å²) in [5.74, 6) is 0.365. The van der Waals surface area contributed by atoms with E-state index in [9.17, 15) is 14.7 Å². The number of hydrogen-bond acceptors (Lipinski definition) is 6. The Balaban J connectivity index is 1.76. The van der Waals surface area contributed by atoms with Gasteiger partial charge in [0.05, 0.1) is 12.5 Å². The lowest BCUT2D eigenvalue weighted by Gasteiger charge is -2.32. The highest BCUT2D eigenvalue weighted by Gasteiger charge is 2.27. The molecule has 1 saturated heterocycles. The van der Waals surface area contributed by atoms with Crippen LogP contribution in [0.4, 0.5) is 0 Å². The topological polar surface area (TPSA) is 76.1 Å². The highest BCUT2D eigenvalue weighted by molar-refractivity contribution is 5.94. The van der Waals surface area contributed by atoms with Crippen LogP contribution in [0.25, 0.3) is 0 Å². The maximum absolute atomic E-state index is 11.9. The quantitative estimate of drug-likeness (QED) is 0.571. The molecule has 2 atom stereocenters. The average Bonchev–Trinajstić information content (AvgIpc) is 2.61. The number of esters is 1. The first-order valence-corrected chi connectivity index (χ1v) is 8.80. The lowest BCUT2D eigenvalue weighted by molar-refractivity contribution is -0.150. The molecule has 0 unspecified atom stereocenters. The van der Waals surface area contributed by atoms with Crippen LogP contribution in [-0.2, 0) is 9.53 Å². The normalized spacial score (nSPS) is 19.2. The van der Waals surface area contributed by atoms with Crippen LogP contribution in [-0.4, -0.2) is 60.7 Å². The SMILES string of the molecule is CCOC(=O)[C@H]1CCCN(C[C@@H](O)COc2ccc(C(C)=O)cc2)C1. The van der Waals surface area contributed by atoms with Crippen molar-refractivity contribution in [2.24, 2.45) is 5.92 Å². The number of ketones is 1. The van der Waals surface area contributed by atoms with Crippen molar-refractivity contribution in [3.8, 4) is 5.75 Å². The molecule has 25 heavy (non-hydrogen) atoms. The van der Waals surface area contributed by atoms with Crippen LogP contribution in [0.5, 0.6) is 5.75 Å². The third-order valence-corrected chi connectivity index (χ3v) is 4.30. The number of likely N-dealkylation sites (tertiary alicyclic amines) is 1. The smallest absolute Gasteiger partial charge is 0.310 e. The standard InChI is InChI=1S/C19H27NO5/c1-3-24-19(23)16-5-4-10-20(11-16)12-17(22)13-25-18-8-6-15(7-9-18)14(2)21/h6-9,16-17,22H,3-5,10-13H2,1-2H3/t16-,17+/m0/s1. The number of aliphatic hydroxyl groups is 1. The number of ether oxygens (including phenoxy) is 2. The largest absolute Gasteiger partial charge is 0.491 e. The molecular weight excluding hydrogens is 322 g/mol. The van der Waals surface area contributed by atoms with Crippen LogP contribution in [0.1, 0.15) is 37.0 Å². The number of piperidine rings is 1. The van der Waals surface area contributed by atoms with Gasteiger partial charge in [0.1, 0.15) is 18.5 Å². The lowest BCUT2D eigenvalue weighted by Crippen LogP contribution is -2.44. The molecule has 2 rings (SSSR count). The minimum atomic E-state index is -0.645. The summed E-state index contributed by atoms with van der Waals surface area (Å²) in [4.78, 5) is 25.2. The fourth-order valence-electron chi connectivity index (χ4n) is 3.00. The number of hydrogen-bond donors (Lipinski definition) is 1. The van der Waals surface area contributed by atoms with Crippen molar-refractivity contribution >= 4 is 11.8 Å². The third-order valence-electron chi connectivity index (χ3n) is 4.30. The number of β-amino-alcohol motifs (C(OH)–C–C–N with tert-alkyl or cyclic N) is 1. The Kier molecular flexibility index (Phi) is 7.40. The van der Waals surface area contributed by atoms with Crippen molar-refractivity contribution in [2.45, 2.75) is 32.8 Å². The second-order valence-electron chi connectivity index (χ2n) is 6.40. The number of Topliss-reactive ketones (excluding diaryl/α,β-unsaturated/α-hetero) is 1. The monoisotopic (exact) mass is 349 g/mol. The Labute approximate surface area is 148 Å². The first kappa shape index (κ1) is 19.4. The third kappa shape index (κ3) is 6.14. The summed E-state index contributed by atoms with van der Waals surface area (Å²) in [7, 11) is 0. The first-order valence-electron chi connectivity index (χ1n) is 8.80. The summed E-state index contributed by atoms with van der Waals surface area (Å²) >= 11 is 0. The van der Waals surface area contributed by atoms with Gasteiger partial charge in [-0.3, -0.25) is 14.5 Å². The van der Waals surface area contributed by atoms with Gasteiger partial charge in [-0.2, -0.15) is 0 Å². The molecule has 0 radical (unpaired) electrons. The first-order chi connectivity index (χ1) is 12.0. The summed E-state index contributed by atoms with van der Waals surface area (Å²) in [6, 6.07) is 6.86. The van der Waals surface area contributed by atoms with E-state index in [1.54, 1.807) is 24.3 Å². The fourth-order valence-corrected chi connectivity index (χ4v) is 3.00. The molecule has 138 valence electrons. The second kappa shape index (κ2) is 9.53. The van der Waals surface area contributed by atoms with Gasteiger partial charge in [-0.25, -0.2) is 0 Å². The van der Waals surface area contributed by atoms with Crippen LogP contribution in [0.3, 0.4) is 0 Å². The van der Waals surface area contributed by atoms with Crippen LogP contribution in [0.15, 0.2) is 24.3 Å². The maximum atomic E-state index is 11.9. The molecule has 1 fully saturated rings. The van der Waals surface area contributed by atoms with Gasteiger partial charge in [-0.05, 0) is 57.5 Å². The van der Waals surface area contributed by atoms with E-state index in [2.05, 4.69) is 4.90 Å². The highest BCUT2D eigenvalue weighted by Crippen LogP contribution is 2.18. The van der Waals surface area contributed by atoms with Gasteiger partial charge in [0.2, 0.25) is 0 Å². The maximum Gasteiger partial charge on any atom is 0.310 e. The van der Waals surface area contributed by atoms with Gasteiger partial charge in [-0.15, -0.1) is 0 Å². The summed E-state index contributed by atoms with van der Waals surface area (Å²) < 4.78 is 10.7. The van der Waals surface area contributed by atoms with Crippen molar-refractivity contribution in [2.75, 3.05) is 32.8 Å². The Hall–Kier alpha value is -1.92. The van der Waals surface area contributed by atoms with Crippen molar-refractivity contribution in [3.05, 3.63) is 29.8 Å². The molecule has 0 spiro atoms. The minimum Gasteiger partial charge on any atom is -0.491 e. The van der Waals surface area contributed by atoms with E-state index < -0.39 is 6.10 Å². The molecule has 0 aromatic heterocycles. The molecule has 0 saturated carbocycles. The molecule has 0 amide bonds. The van der Waals surface area contributed by atoms with Gasteiger partial charge in [0.25, 0.3) is 0 Å². The predicted molar refractivity (Wildman–Crippen MR) is 93.7 cm³/mol. The Bertz CT molecular complexity index is 572. The van der Waals surface area contributed by atoms with Crippen molar-refractivity contribution in [3.63, 3.8) is 0 Å². The molecular formula is C19H27NO5. The van der Waals surface area contributed by atoms with Crippen molar-refractivity contribution < 1.29 is 24.2 Å². The van der Waals surface area contributed by atoms with E-state index in [1.165, 1.54) is 6.92 Å². The molecule has 0 aliphatic carbocycles. The number of aliphatic hydroxyl groups excluding tert-OH is 1. The molecule has 1 aromatic carbocycles. The van der Waals surface area contributed by atoms with Crippen LogP contribution in [0.2, 0.25) is 0 Å². The zero-order chi connectivity index (χ0) is 18.2. The van der Waals surface area contributed by atoms with E-state index in [0.717, 1.165) is 19.4 Å². The molecule has 1 aliphatic rings. The van der Waals surface area contributed by atoms with Crippen molar-refractivity contribution in [1.82, 2.24) is 4.90 Å².